The van der Waals surface area contributed by atoms with Gasteiger partial charge in [0.2, 0.25) is 0 Å². The van der Waals surface area contributed by atoms with Gasteiger partial charge in [0.15, 0.2) is 0 Å². The van der Waals surface area contributed by atoms with E-state index >= 15 is 0 Å². The number of carbonyl (C=O) groups is 1. The Morgan fingerprint density at radius 2 is 2.35 bits per heavy atom. The van der Waals surface area contributed by atoms with Gasteiger partial charge in [-0.2, -0.15) is 11.8 Å². The van der Waals surface area contributed by atoms with Gasteiger partial charge in [-0.3, -0.25) is 0 Å². The summed E-state index contributed by atoms with van der Waals surface area (Å²) in [6.07, 6.45) is 3.78. The van der Waals surface area contributed by atoms with Crippen molar-refractivity contribution < 1.29 is 4.79 Å². The fourth-order valence-electron chi connectivity index (χ4n) is 1.12. The lowest BCUT2D eigenvalue weighted by Crippen LogP contribution is -2.42. The summed E-state index contributed by atoms with van der Waals surface area (Å²) in [5.41, 5.74) is 0. The molecule has 1 aromatic heterocycles. The van der Waals surface area contributed by atoms with Crippen molar-refractivity contribution in [3.63, 3.8) is 0 Å². The van der Waals surface area contributed by atoms with E-state index in [9.17, 15) is 4.79 Å². The minimum atomic E-state index is -0.144. The summed E-state index contributed by atoms with van der Waals surface area (Å²) in [5, 5.41) is 8.57. The second-order valence-electron chi connectivity index (χ2n) is 4.38. The predicted octanol–water partition coefficient (Wildman–Crippen LogP) is 2.64. The highest BCUT2D eigenvalue weighted by Crippen LogP contribution is 2.19. The number of nitrogens with one attached hydrogen (secondary N) is 2. The lowest BCUT2D eigenvalue weighted by Gasteiger charge is -2.23. The van der Waals surface area contributed by atoms with Crippen LogP contribution in [0.2, 0.25) is 0 Å². The van der Waals surface area contributed by atoms with Crippen LogP contribution >= 0.6 is 23.1 Å². The highest BCUT2D eigenvalue weighted by Gasteiger charge is 2.18. The summed E-state index contributed by atoms with van der Waals surface area (Å²) in [5.74, 6) is 0. The van der Waals surface area contributed by atoms with Crippen molar-refractivity contribution in [2.24, 2.45) is 0 Å². The number of carbonyl (C=O) groups excluding carboxylic acids is 1. The molecule has 0 spiro atoms. The highest BCUT2D eigenvalue weighted by molar-refractivity contribution is 7.99. The first kappa shape index (κ1) is 14.3. The number of thiazole rings is 1. The van der Waals surface area contributed by atoms with Crippen LogP contribution in [0, 0.1) is 0 Å². The molecule has 2 N–H and O–H groups in total. The topological polar surface area (TPSA) is 54.0 Å². The molecule has 0 aliphatic heterocycles. The molecule has 0 fully saturated rings. The number of thioether (sulfide) groups is 1. The van der Waals surface area contributed by atoms with Crippen LogP contribution in [0.4, 0.5) is 4.79 Å². The van der Waals surface area contributed by atoms with Crippen LogP contribution in [-0.4, -0.2) is 28.6 Å². The Kier molecular flexibility index (Phi) is 5.27. The molecule has 1 rings (SSSR count). The Bertz CT molecular complexity index is 352. The average Bonchev–Trinajstić information content (AvgIpc) is 2.80. The third kappa shape index (κ3) is 4.95. The first-order valence-corrected chi connectivity index (χ1v) is 7.54. The van der Waals surface area contributed by atoms with Crippen molar-refractivity contribution in [3.8, 4) is 0 Å². The molecule has 0 saturated heterocycles. The third-order valence-corrected chi connectivity index (χ3v) is 4.60. The summed E-state index contributed by atoms with van der Waals surface area (Å²) in [6, 6.07) is -0.192. The second kappa shape index (κ2) is 6.26. The lowest BCUT2D eigenvalue weighted by molar-refractivity contribution is 0.237. The van der Waals surface area contributed by atoms with Gasteiger partial charge >= 0.3 is 6.03 Å². The van der Waals surface area contributed by atoms with Crippen LogP contribution in [0.1, 0.15) is 31.8 Å². The maximum atomic E-state index is 11.7. The van der Waals surface area contributed by atoms with E-state index in [2.05, 4.69) is 29.5 Å². The summed E-state index contributed by atoms with van der Waals surface area (Å²) < 4.78 is 0.0573. The van der Waals surface area contributed by atoms with Crippen LogP contribution in [0.3, 0.4) is 0 Å². The molecular weight excluding hydrogens is 254 g/mol. The molecule has 0 unspecified atom stereocenters. The Hall–Kier alpha value is -0.750. The number of urea groups is 1. The van der Waals surface area contributed by atoms with Crippen molar-refractivity contribution in [2.75, 3.05) is 12.8 Å². The van der Waals surface area contributed by atoms with Gasteiger partial charge in [0, 0.05) is 22.9 Å². The minimum absolute atomic E-state index is 0.0487. The maximum absolute atomic E-state index is 11.7. The molecule has 6 heteroatoms. The summed E-state index contributed by atoms with van der Waals surface area (Å²) >= 11 is 3.28. The van der Waals surface area contributed by atoms with Crippen LogP contribution < -0.4 is 10.6 Å². The SMILES string of the molecule is CSC(C)(C)CNC(=O)N[C@@H](C)c1nccs1. The quantitative estimate of drug-likeness (QED) is 0.867. The number of nitrogens with zero attached hydrogens (tertiary/aromatic N) is 1. The van der Waals surface area contributed by atoms with Gasteiger partial charge in [0.05, 0.1) is 6.04 Å². The smallest absolute Gasteiger partial charge is 0.315 e. The van der Waals surface area contributed by atoms with E-state index in [-0.39, 0.29) is 16.8 Å². The number of amides is 2. The van der Waals surface area contributed by atoms with Crippen LogP contribution in [-0.2, 0) is 0 Å². The molecule has 96 valence electrons. The fraction of sp³-hybridized carbons (Fsp3) is 0.636. The van der Waals surface area contributed by atoms with E-state index in [1.165, 1.54) is 0 Å². The standard InChI is InChI=1S/C11H19N3OS2/c1-8(9-12-5-6-17-9)14-10(15)13-7-11(2,3)16-4/h5-6,8H,7H2,1-4H3,(H2,13,14,15)/t8-/m0/s1. The number of aromatic nitrogens is 1. The van der Waals surface area contributed by atoms with Gasteiger partial charge in [-0.05, 0) is 27.0 Å². The van der Waals surface area contributed by atoms with Crippen molar-refractivity contribution in [1.82, 2.24) is 15.6 Å². The second-order valence-corrected chi connectivity index (χ2v) is 6.82. The molecule has 0 saturated carbocycles. The highest BCUT2D eigenvalue weighted by atomic mass is 32.2. The minimum Gasteiger partial charge on any atom is -0.337 e. The molecule has 17 heavy (non-hydrogen) atoms. The Morgan fingerprint density at radius 1 is 1.65 bits per heavy atom. The van der Waals surface area contributed by atoms with Crippen molar-refractivity contribution in [1.29, 1.82) is 0 Å². The van der Waals surface area contributed by atoms with Crippen LogP contribution in [0.5, 0.6) is 0 Å². The van der Waals surface area contributed by atoms with Crippen molar-refractivity contribution in [2.45, 2.75) is 31.6 Å². The number of hydrogen-bond donors (Lipinski definition) is 2. The summed E-state index contributed by atoms with van der Waals surface area (Å²) in [7, 11) is 0. The first-order chi connectivity index (χ1) is 7.94. The Morgan fingerprint density at radius 3 is 2.88 bits per heavy atom. The zero-order valence-electron chi connectivity index (χ0n) is 10.6. The molecule has 0 aliphatic carbocycles. The normalized spacial score (nSPS) is 13.2. The molecule has 0 bridgehead atoms. The van der Waals surface area contributed by atoms with Crippen LogP contribution in [0.15, 0.2) is 11.6 Å². The molecule has 0 aliphatic rings. The van der Waals surface area contributed by atoms with Crippen molar-refractivity contribution >= 4 is 29.1 Å². The molecule has 1 heterocycles. The largest absolute Gasteiger partial charge is 0.337 e. The summed E-state index contributed by atoms with van der Waals surface area (Å²) in [4.78, 5) is 15.8. The molecule has 0 radical (unpaired) electrons. The zero-order valence-corrected chi connectivity index (χ0v) is 12.2. The average molecular weight is 273 g/mol. The fourth-order valence-corrected chi connectivity index (χ4v) is 1.99. The number of rotatable bonds is 5. The van der Waals surface area contributed by atoms with Gasteiger partial charge in [0.25, 0.3) is 0 Å². The van der Waals surface area contributed by atoms with Gasteiger partial charge in [-0.25, -0.2) is 9.78 Å². The van der Waals surface area contributed by atoms with E-state index in [0.29, 0.717) is 6.54 Å². The third-order valence-electron chi connectivity index (χ3n) is 2.40. The van der Waals surface area contributed by atoms with Gasteiger partial charge in [0.1, 0.15) is 5.01 Å². The van der Waals surface area contributed by atoms with E-state index < -0.39 is 0 Å². The zero-order chi connectivity index (χ0) is 12.9. The lowest BCUT2D eigenvalue weighted by atomic mass is 10.2. The maximum Gasteiger partial charge on any atom is 0.315 e. The van der Waals surface area contributed by atoms with E-state index in [1.807, 2.05) is 18.6 Å². The molecule has 0 aromatic carbocycles. The molecule has 1 aromatic rings. The van der Waals surface area contributed by atoms with E-state index in [1.54, 1.807) is 29.3 Å². The van der Waals surface area contributed by atoms with E-state index in [4.69, 9.17) is 0 Å². The van der Waals surface area contributed by atoms with Gasteiger partial charge in [-0.1, -0.05) is 0 Å². The molecule has 2 amide bonds. The Labute approximate surface area is 111 Å². The predicted molar refractivity (Wildman–Crippen MR) is 74.7 cm³/mol. The monoisotopic (exact) mass is 273 g/mol. The summed E-state index contributed by atoms with van der Waals surface area (Å²) in [6.45, 7) is 6.77. The van der Waals surface area contributed by atoms with Gasteiger partial charge < -0.3 is 10.6 Å². The molecular formula is C11H19N3OS2. The first-order valence-electron chi connectivity index (χ1n) is 5.43. The molecule has 4 nitrogen and oxygen atoms in total. The van der Waals surface area contributed by atoms with Gasteiger partial charge in [-0.15, -0.1) is 11.3 Å². The van der Waals surface area contributed by atoms with Crippen molar-refractivity contribution in [3.05, 3.63) is 16.6 Å². The number of hydrogen-bond acceptors (Lipinski definition) is 4. The Balaban J connectivity index is 2.35. The van der Waals surface area contributed by atoms with Crippen LogP contribution in [0.25, 0.3) is 0 Å². The molecule has 1 atom stereocenters. The van der Waals surface area contributed by atoms with E-state index in [0.717, 1.165) is 5.01 Å².